The summed E-state index contributed by atoms with van der Waals surface area (Å²) in [6.45, 7) is 4.10. The van der Waals surface area contributed by atoms with Crippen LogP contribution in [-0.4, -0.2) is 48.0 Å². The fraction of sp³-hybridized carbons (Fsp3) is 0.367. The summed E-state index contributed by atoms with van der Waals surface area (Å²) >= 11 is 0. The topological polar surface area (TPSA) is 92.8 Å². The molecule has 5 rings (SSSR count). The summed E-state index contributed by atoms with van der Waals surface area (Å²) in [5.74, 6) is 0.468. The average molecular weight is 569 g/mol. The Morgan fingerprint density at radius 1 is 1.02 bits per heavy atom. The van der Waals surface area contributed by atoms with Gasteiger partial charge in [0.05, 0.1) is 18.8 Å². The predicted molar refractivity (Wildman–Crippen MR) is 147 cm³/mol. The Labute approximate surface area is 235 Å². The maximum absolute atomic E-state index is 13.7. The van der Waals surface area contributed by atoms with Gasteiger partial charge in [0.15, 0.2) is 0 Å². The van der Waals surface area contributed by atoms with E-state index >= 15 is 0 Å². The molecule has 1 saturated heterocycles. The van der Waals surface area contributed by atoms with Gasteiger partial charge in [-0.05, 0) is 72.4 Å². The third-order valence-corrected chi connectivity index (χ3v) is 7.15. The van der Waals surface area contributed by atoms with Crippen LogP contribution in [0.1, 0.15) is 35.6 Å². The number of nitrogens with one attached hydrogen (secondary N) is 2. The number of carbonyl (C=O) groups excluding carboxylic acids is 2. The van der Waals surface area contributed by atoms with Crippen molar-refractivity contribution in [2.45, 2.75) is 38.9 Å². The van der Waals surface area contributed by atoms with Crippen molar-refractivity contribution in [1.82, 2.24) is 9.88 Å². The van der Waals surface area contributed by atoms with Crippen LogP contribution in [0.25, 0.3) is 0 Å². The van der Waals surface area contributed by atoms with Crippen LogP contribution >= 0.6 is 0 Å². The number of hydrogen-bond acceptors (Lipinski definition) is 6. The lowest BCUT2D eigenvalue weighted by molar-refractivity contribution is -0.137. The molecule has 11 heteroatoms. The molecule has 2 aliphatic rings. The molecule has 2 aromatic carbocycles. The second-order valence-electron chi connectivity index (χ2n) is 10.3. The lowest BCUT2D eigenvalue weighted by Crippen LogP contribution is -2.35. The molecule has 2 N–H and O–H groups in total. The molecule has 2 heterocycles. The van der Waals surface area contributed by atoms with Crippen molar-refractivity contribution in [3.63, 3.8) is 0 Å². The first kappa shape index (κ1) is 28.6. The van der Waals surface area contributed by atoms with E-state index in [-0.39, 0.29) is 17.5 Å². The number of alkyl halides is 3. The molecule has 0 radical (unpaired) electrons. The number of fused-ring (bicyclic) bond motifs is 1. The zero-order valence-electron chi connectivity index (χ0n) is 22.6. The van der Waals surface area contributed by atoms with Crippen LogP contribution < -0.4 is 15.4 Å². The molecule has 1 unspecified atom stereocenters. The first-order chi connectivity index (χ1) is 19.6. The minimum Gasteiger partial charge on any atom is -0.457 e. The minimum absolute atomic E-state index is 0.142. The van der Waals surface area contributed by atoms with E-state index in [1.54, 1.807) is 18.2 Å². The lowest BCUT2D eigenvalue weighted by atomic mass is 9.83. The highest BCUT2D eigenvalue weighted by molar-refractivity contribution is 5.93. The fourth-order valence-corrected chi connectivity index (χ4v) is 5.16. The molecular formula is C30H31F3N4O4. The Kier molecular flexibility index (Phi) is 8.55. The molecule has 1 aromatic heterocycles. The van der Waals surface area contributed by atoms with Gasteiger partial charge < -0.3 is 20.1 Å². The third-order valence-electron chi connectivity index (χ3n) is 7.15. The highest BCUT2D eigenvalue weighted by Gasteiger charge is 2.32. The van der Waals surface area contributed by atoms with Crippen LogP contribution in [0.5, 0.6) is 11.5 Å². The largest absolute Gasteiger partial charge is 0.457 e. The van der Waals surface area contributed by atoms with Crippen LogP contribution in [0.2, 0.25) is 0 Å². The smallest absolute Gasteiger partial charge is 0.416 e. The molecule has 1 aliphatic heterocycles. The normalized spacial score (nSPS) is 17.4. The van der Waals surface area contributed by atoms with Gasteiger partial charge in [-0.25, -0.2) is 4.98 Å². The quantitative estimate of drug-likeness (QED) is 0.395. The molecule has 0 spiro atoms. The van der Waals surface area contributed by atoms with Gasteiger partial charge in [0, 0.05) is 50.4 Å². The summed E-state index contributed by atoms with van der Waals surface area (Å²) in [4.78, 5) is 30.7. The summed E-state index contributed by atoms with van der Waals surface area (Å²) in [5.41, 5.74) is 1.89. The number of hydrogen-bond donors (Lipinski definition) is 2. The number of ether oxygens (including phenoxy) is 2. The highest BCUT2D eigenvalue weighted by Crippen LogP contribution is 2.34. The second-order valence-corrected chi connectivity index (χ2v) is 10.3. The summed E-state index contributed by atoms with van der Waals surface area (Å²) < 4.78 is 52.3. The molecule has 8 nitrogen and oxygen atoms in total. The van der Waals surface area contributed by atoms with Gasteiger partial charge in [-0.3, -0.25) is 14.5 Å². The van der Waals surface area contributed by atoms with Crippen LogP contribution in [0.3, 0.4) is 0 Å². The number of halogens is 3. The predicted octanol–water partition coefficient (Wildman–Crippen LogP) is 5.43. The number of anilines is 2. The third kappa shape index (κ3) is 7.62. The standard InChI is InChI=1S/C30H31F3N4O4/c1-19(38)35-28-17-27(6-7-34-28)41-26-5-4-21-2-3-22(14-23(21)15-26)29(39)36-25-13-20(12-24(16-25)30(31,32)33)18-37-8-10-40-11-9-37/h4-7,12-13,15-17,22H,2-3,8-11,14,18H2,1H3,(H,36,39)(H,34,35,38). The lowest BCUT2D eigenvalue weighted by Gasteiger charge is -2.27. The van der Waals surface area contributed by atoms with Gasteiger partial charge >= 0.3 is 6.18 Å². The van der Waals surface area contributed by atoms with E-state index < -0.39 is 17.7 Å². The number of amides is 2. The maximum atomic E-state index is 13.7. The molecule has 2 amide bonds. The van der Waals surface area contributed by atoms with Gasteiger partial charge in [-0.15, -0.1) is 0 Å². The Morgan fingerprint density at radius 2 is 1.80 bits per heavy atom. The van der Waals surface area contributed by atoms with Crippen molar-refractivity contribution in [3.05, 3.63) is 77.0 Å². The molecule has 0 saturated carbocycles. The van der Waals surface area contributed by atoms with E-state index in [2.05, 4.69) is 15.6 Å². The molecule has 1 fully saturated rings. The summed E-state index contributed by atoms with van der Waals surface area (Å²) in [7, 11) is 0. The number of aryl methyl sites for hydroxylation is 1. The zero-order valence-corrected chi connectivity index (χ0v) is 22.6. The Bertz CT molecular complexity index is 1420. The van der Waals surface area contributed by atoms with Crippen molar-refractivity contribution in [2.75, 3.05) is 36.9 Å². The number of morpholine rings is 1. The van der Waals surface area contributed by atoms with Gasteiger partial charge in [0.2, 0.25) is 11.8 Å². The highest BCUT2D eigenvalue weighted by atomic mass is 19.4. The molecular weight excluding hydrogens is 537 g/mol. The van der Waals surface area contributed by atoms with Crippen LogP contribution in [0, 0.1) is 5.92 Å². The number of carbonyl (C=O) groups is 2. The Hall–Kier alpha value is -3.96. The SMILES string of the molecule is CC(=O)Nc1cc(Oc2ccc3c(c2)CC(C(=O)Nc2cc(CN4CCOCC4)cc(C(F)(F)F)c2)CC3)ccn1. The summed E-state index contributed by atoms with van der Waals surface area (Å²) in [5, 5.41) is 5.36. The molecule has 1 aliphatic carbocycles. The van der Waals surface area contributed by atoms with Crippen molar-refractivity contribution in [1.29, 1.82) is 0 Å². The number of pyridine rings is 1. The van der Waals surface area contributed by atoms with Crippen molar-refractivity contribution in [2.24, 2.45) is 5.92 Å². The second kappa shape index (κ2) is 12.3. The fourth-order valence-electron chi connectivity index (χ4n) is 5.16. The van der Waals surface area contributed by atoms with E-state index in [0.717, 1.165) is 23.3 Å². The molecule has 1 atom stereocenters. The zero-order chi connectivity index (χ0) is 29.0. The van der Waals surface area contributed by atoms with Gasteiger partial charge in [-0.2, -0.15) is 13.2 Å². The number of rotatable bonds is 7. The molecule has 0 bridgehead atoms. The van der Waals surface area contributed by atoms with E-state index in [0.29, 0.717) is 75.0 Å². The van der Waals surface area contributed by atoms with Crippen LogP contribution in [0.15, 0.2) is 54.7 Å². The van der Waals surface area contributed by atoms with Crippen LogP contribution in [0.4, 0.5) is 24.7 Å². The Balaban J connectivity index is 1.28. The monoisotopic (exact) mass is 568 g/mol. The summed E-state index contributed by atoms with van der Waals surface area (Å²) in [6.07, 6.45) is -1.31. The number of aromatic nitrogens is 1. The number of nitrogens with zero attached hydrogens (tertiary/aromatic N) is 2. The first-order valence-corrected chi connectivity index (χ1v) is 13.5. The van der Waals surface area contributed by atoms with E-state index in [1.807, 2.05) is 23.1 Å². The number of benzene rings is 2. The molecule has 3 aromatic rings. The van der Waals surface area contributed by atoms with E-state index in [1.165, 1.54) is 13.1 Å². The first-order valence-electron chi connectivity index (χ1n) is 13.5. The molecule has 216 valence electrons. The van der Waals surface area contributed by atoms with E-state index in [4.69, 9.17) is 9.47 Å². The van der Waals surface area contributed by atoms with Gasteiger partial charge in [0.1, 0.15) is 17.3 Å². The van der Waals surface area contributed by atoms with Gasteiger partial charge in [0.25, 0.3) is 0 Å². The van der Waals surface area contributed by atoms with E-state index in [9.17, 15) is 22.8 Å². The van der Waals surface area contributed by atoms with Crippen molar-refractivity contribution >= 4 is 23.3 Å². The average Bonchev–Trinajstić information content (AvgIpc) is 2.92. The molecule has 41 heavy (non-hydrogen) atoms. The Morgan fingerprint density at radius 3 is 2.56 bits per heavy atom. The summed E-state index contributed by atoms with van der Waals surface area (Å²) in [6, 6.07) is 12.7. The van der Waals surface area contributed by atoms with Gasteiger partial charge in [-0.1, -0.05) is 6.07 Å². The van der Waals surface area contributed by atoms with Crippen molar-refractivity contribution < 1.29 is 32.2 Å². The minimum atomic E-state index is -4.53. The van der Waals surface area contributed by atoms with Crippen molar-refractivity contribution in [3.8, 4) is 11.5 Å². The maximum Gasteiger partial charge on any atom is 0.416 e. The van der Waals surface area contributed by atoms with Crippen LogP contribution in [-0.2, 0) is 39.9 Å².